The lowest BCUT2D eigenvalue weighted by Crippen LogP contribution is -2.26. The third-order valence-corrected chi connectivity index (χ3v) is 4.72. The van der Waals surface area contributed by atoms with Crippen LogP contribution in [0.2, 0.25) is 0 Å². The van der Waals surface area contributed by atoms with Crippen molar-refractivity contribution >= 4 is 21.8 Å². The van der Waals surface area contributed by atoms with Gasteiger partial charge >= 0.3 is 0 Å². The summed E-state index contributed by atoms with van der Waals surface area (Å²) in [6.07, 6.45) is 3.62. The number of aromatic nitrogens is 1. The molecule has 0 bridgehead atoms. The summed E-state index contributed by atoms with van der Waals surface area (Å²) in [7, 11) is 0. The Morgan fingerprint density at radius 3 is 2.36 bits per heavy atom. The molecule has 0 saturated carbocycles. The van der Waals surface area contributed by atoms with Crippen molar-refractivity contribution in [1.29, 1.82) is 0 Å². The van der Waals surface area contributed by atoms with Crippen molar-refractivity contribution in [3.63, 3.8) is 0 Å². The molecule has 4 heteroatoms. The summed E-state index contributed by atoms with van der Waals surface area (Å²) in [6, 6.07) is 17.6. The van der Waals surface area contributed by atoms with Crippen LogP contribution in [0.3, 0.4) is 0 Å². The van der Waals surface area contributed by atoms with Gasteiger partial charge in [0, 0.05) is 22.4 Å². The SMILES string of the molecule is Cc1cnccc1-c1ccc(C(=O)N[C@@H](C)c2ccc(Br)cc2)cc1. The first-order chi connectivity index (χ1) is 12.0. The summed E-state index contributed by atoms with van der Waals surface area (Å²) in [5, 5.41) is 3.04. The first-order valence-corrected chi connectivity index (χ1v) is 8.91. The van der Waals surface area contributed by atoms with Crippen molar-refractivity contribution in [3.8, 4) is 11.1 Å². The monoisotopic (exact) mass is 394 g/mol. The van der Waals surface area contributed by atoms with Crippen LogP contribution in [0.25, 0.3) is 11.1 Å². The second-order valence-corrected chi connectivity index (χ2v) is 6.93. The summed E-state index contributed by atoms with van der Waals surface area (Å²) in [6.45, 7) is 4.01. The molecule has 126 valence electrons. The standard InChI is InChI=1S/C21H19BrN2O/c1-14-13-23-12-11-20(14)17-3-5-18(6-4-17)21(25)24-15(2)16-7-9-19(22)10-8-16/h3-13,15H,1-2H3,(H,24,25)/t15-/m0/s1. The maximum absolute atomic E-state index is 12.5. The van der Waals surface area contributed by atoms with Gasteiger partial charge in [-0.05, 0) is 66.4 Å². The molecule has 1 atom stereocenters. The number of carbonyl (C=O) groups is 1. The number of nitrogens with zero attached hydrogens (tertiary/aromatic N) is 1. The summed E-state index contributed by atoms with van der Waals surface area (Å²) in [5.41, 5.74) is 5.05. The van der Waals surface area contributed by atoms with E-state index in [0.717, 1.165) is 26.7 Å². The normalized spacial score (nSPS) is 11.8. The van der Waals surface area contributed by atoms with Gasteiger partial charge in [0.05, 0.1) is 6.04 Å². The molecule has 0 aliphatic carbocycles. The third kappa shape index (κ3) is 4.15. The van der Waals surface area contributed by atoms with Gasteiger partial charge in [0.25, 0.3) is 5.91 Å². The minimum atomic E-state index is -0.0755. The molecule has 0 aliphatic rings. The molecule has 0 fully saturated rings. The van der Waals surface area contributed by atoms with Gasteiger partial charge in [0.1, 0.15) is 0 Å². The van der Waals surface area contributed by atoms with E-state index in [1.54, 1.807) is 6.20 Å². The lowest BCUT2D eigenvalue weighted by molar-refractivity contribution is 0.0940. The molecule has 0 radical (unpaired) electrons. The summed E-state index contributed by atoms with van der Waals surface area (Å²) >= 11 is 3.42. The molecule has 2 aromatic carbocycles. The Balaban J connectivity index is 1.72. The van der Waals surface area contributed by atoms with Crippen LogP contribution in [0.1, 0.15) is 34.5 Å². The highest BCUT2D eigenvalue weighted by Crippen LogP contribution is 2.23. The molecule has 1 amide bonds. The van der Waals surface area contributed by atoms with E-state index in [2.05, 4.69) is 26.2 Å². The maximum Gasteiger partial charge on any atom is 0.251 e. The van der Waals surface area contributed by atoms with E-state index in [1.807, 2.05) is 74.6 Å². The maximum atomic E-state index is 12.5. The van der Waals surface area contributed by atoms with Gasteiger partial charge in [0.2, 0.25) is 0 Å². The van der Waals surface area contributed by atoms with E-state index in [1.165, 1.54) is 0 Å². The van der Waals surface area contributed by atoms with Crippen molar-refractivity contribution in [2.24, 2.45) is 0 Å². The highest BCUT2D eigenvalue weighted by molar-refractivity contribution is 9.10. The van der Waals surface area contributed by atoms with Crippen molar-refractivity contribution < 1.29 is 4.79 Å². The Morgan fingerprint density at radius 1 is 1.04 bits per heavy atom. The van der Waals surface area contributed by atoms with Crippen molar-refractivity contribution in [3.05, 3.63) is 88.2 Å². The van der Waals surface area contributed by atoms with Gasteiger partial charge in [-0.2, -0.15) is 0 Å². The van der Waals surface area contributed by atoms with Crippen LogP contribution < -0.4 is 5.32 Å². The number of carbonyl (C=O) groups excluding carboxylic acids is 1. The van der Waals surface area contributed by atoms with Crippen LogP contribution in [0.15, 0.2) is 71.5 Å². The second kappa shape index (κ2) is 7.62. The molecule has 0 saturated heterocycles. The minimum absolute atomic E-state index is 0.0530. The van der Waals surface area contributed by atoms with Crippen LogP contribution in [0, 0.1) is 6.92 Å². The van der Waals surface area contributed by atoms with E-state index in [-0.39, 0.29) is 11.9 Å². The predicted octanol–water partition coefficient (Wildman–Crippen LogP) is 5.31. The zero-order valence-corrected chi connectivity index (χ0v) is 15.7. The van der Waals surface area contributed by atoms with E-state index in [4.69, 9.17) is 0 Å². The van der Waals surface area contributed by atoms with E-state index < -0.39 is 0 Å². The van der Waals surface area contributed by atoms with Gasteiger partial charge in [-0.3, -0.25) is 9.78 Å². The first-order valence-electron chi connectivity index (χ1n) is 8.12. The number of hydrogen-bond acceptors (Lipinski definition) is 2. The second-order valence-electron chi connectivity index (χ2n) is 6.01. The Morgan fingerprint density at radius 2 is 1.72 bits per heavy atom. The molecule has 3 nitrogen and oxygen atoms in total. The zero-order valence-electron chi connectivity index (χ0n) is 14.2. The first kappa shape index (κ1) is 17.4. The number of amides is 1. The van der Waals surface area contributed by atoms with Gasteiger partial charge < -0.3 is 5.32 Å². The molecule has 0 spiro atoms. The fourth-order valence-electron chi connectivity index (χ4n) is 2.71. The average Bonchev–Trinajstić information content (AvgIpc) is 2.63. The Hall–Kier alpha value is -2.46. The lowest BCUT2D eigenvalue weighted by Gasteiger charge is -2.15. The number of pyridine rings is 1. The molecule has 3 aromatic rings. The van der Waals surface area contributed by atoms with Crippen LogP contribution in [-0.2, 0) is 0 Å². The Labute approximate surface area is 156 Å². The van der Waals surface area contributed by atoms with Crippen molar-refractivity contribution in [2.75, 3.05) is 0 Å². The number of halogens is 1. The smallest absolute Gasteiger partial charge is 0.251 e. The van der Waals surface area contributed by atoms with Gasteiger partial charge in [-0.15, -0.1) is 0 Å². The van der Waals surface area contributed by atoms with Crippen LogP contribution in [0.4, 0.5) is 0 Å². The average molecular weight is 395 g/mol. The highest BCUT2D eigenvalue weighted by Gasteiger charge is 2.12. The molecule has 25 heavy (non-hydrogen) atoms. The topological polar surface area (TPSA) is 42.0 Å². The zero-order chi connectivity index (χ0) is 17.8. The van der Waals surface area contributed by atoms with E-state index >= 15 is 0 Å². The number of nitrogens with one attached hydrogen (secondary N) is 1. The lowest BCUT2D eigenvalue weighted by atomic mass is 10.0. The quantitative estimate of drug-likeness (QED) is 0.651. The summed E-state index contributed by atoms with van der Waals surface area (Å²) < 4.78 is 1.02. The number of aryl methyl sites for hydroxylation is 1. The molecule has 0 aliphatic heterocycles. The van der Waals surface area contributed by atoms with Crippen LogP contribution in [-0.4, -0.2) is 10.9 Å². The Kier molecular flexibility index (Phi) is 5.29. The fraction of sp³-hybridized carbons (Fsp3) is 0.143. The predicted molar refractivity (Wildman–Crippen MR) is 104 cm³/mol. The number of hydrogen-bond donors (Lipinski definition) is 1. The number of benzene rings is 2. The molecule has 1 N–H and O–H groups in total. The largest absolute Gasteiger partial charge is 0.346 e. The molecule has 1 aromatic heterocycles. The molecule has 0 unspecified atom stereocenters. The van der Waals surface area contributed by atoms with Crippen molar-refractivity contribution in [1.82, 2.24) is 10.3 Å². The third-order valence-electron chi connectivity index (χ3n) is 4.20. The molecular weight excluding hydrogens is 376 g/mol. The van der Waals surface area contributed by atoms with E-state index in [0.29, 0.717) is 5.56 Å². The molecule has 3 rings (SSSR count). The molecular formula is C21H19BrN2O. The Bertz CT molecular complexity index is 873. The molecule has 1 heterocycles. The summed E-state index contributed by atoms with van der Waals surface area (Å²) in [5.74, 6) is -0.0755. The van der Waals surface area contributed by atoms with Crippen LogP contribution >= 0.6 is 15.9 Å². The van der Waals surface area contributed by atoms with Crippen molar-refractivity contribution in [2.45, 2.75) is 19.9 Å². The highest BCUT2D eigenvalue weighted by atomic mass is 79.9. The van der Waals surface area contributed by atoms with Gasteiger partial charge in [0.15, 0.2) is 0 Å². The van der Waals surface area contributed by atoms with Crippen LogP contribution in [0.5, 0.6) is 0 Å². The number of rotatable bonds is 4. The van der Waals surface area contributed by atoms with Gasteiger partial charge in [-0.1, -0.05) is 40.2 Å². The van der Waals surface area contributed by atoms with Gasteiger partial charge in [-0.25, -0.2) is 0 Å². The fourth-order valence-corrected chi connectivity index (χ4v) is 2.98. The van der Waals surface area contributed by atoms with E-state index in [9.17, 15) is 4.79 Å². The minimum Gasteiger partial charge on any atom is -0.346 e. The summed E-state index contributed by atoms with van der Waals surface area (Å²) in [4.78, 5) is 16.6.